The number of nitrogens with zero attached hydrogens (tertiary/aromatic N) is 1. The lowest BCUT2D eigenvalue weighted by Gasteiger charge is -2.23. The number of rotatable bonds is 5. The zero-order valence-corrected chi connectivity index (χ0v) is 18.3. The molecule has 0 unspecified atom stereocenters. The maximum atomic E-state index is 13.6. The molecule has 5 nitrogen and oxygen atoms in total. The summed E-state index contributed by atoms with van der Waals surface area (Å²) in [5.74, 6) is -0.484. The molecule has 0 saturated carbocycles. The topological polar surface area (TPSA) is 55.8 Å². The summed E-state index contributed by atoms with van der Waals surface area (Å²) in [5, 5.41) is 0. The van der Waals surface area contributed by atoms with Crippen molar-refractivity contribution < 1.29 is 19.1 Å². The molecule has 5 rings (SSSR count). The summed E-state index contributed by atoms with van der Waals surface area (Å²) in [4.78, 5) is 29.9. The van der Waals surface area contributed by atoms with Crippen LogP contribution in [0.4, 0.5) is 5.69 Å². The number of carbonyl (C=O) groups excluding carboxylic acids is 2. The SMILES string of the molecule is O=C(OC[C@@H]1CCCO1)c1ccc2c(c1)N(Cc1ccccc1)C(=O)c1ccccc1S2. The number of carbonyl (C=O) groups is 2. The summed E-state index contributed by atoms with van der Waals surface area (Å²) in [6.45, 7) is 1.38. The predicted molar refractivity (Wildman–Crippen MR) is 123 cm³/mol. The van der Waals surface area contributed by atoms with Gasteiger partial charge in [-0.05, 0) is 48.7 Å². The minimum atomic E-state index is -0.401. The molecule has 1 atom stereocenters. The van der Waals surface area contributed by atoms with E-state index in [1.54, 1.807) is 28.8 Å². The Morgan fingerprint density at radius 3 is 2.66 bits per heavy atom. The maximum Gasteiger partial charge on any atom is 0.338 e. The monoisotopic (exact) mass is 445 g/mol. The highest BCUT2D eigenvalue weighted by Gasteiger charge is 2.28. The molecular formula is C26H23NO4S. The minimum absolute atomic E-state index is 0.0269. The van der Waals surface area contributed by atoms with E-state index < -0.39 is 5.97 Å². The molecule has 0 aliphatic carbocycles. The van der Waals surface area contributed by atoms with Crippen molar-refractivity contribution in [2.24, 2.45) is 0 Å². The van der Waals surface area contributed by atoms with E-state index in [4.69, 9.17) is 9.47 Å². The number of hydrogen-bond acceptors (Lipinski definition) is 5. The molecule has 1 fully saturated rings. The van der Waals surface area contributed by atoms with Gasteiger partial charge < -0.3 is 14.4 Å². The Balaban J connectivity index is 1.49. The van der Waals surface area contributed by atoms with Crippen LogP contribution in [0, 0.1) is 0 Å². The molecule has 0 spiro atoms. The molecular weight excluding hydrogens is 422 g/mol. The van der Waals surface area contributed by atoms with Gasteiger partial charge in [0.25, 0.3) is 5.91 Å². The normalized spacial score (nSPS) is 17.4. The second-order valence-electron chi connectivity index (χ2n) is 7.89. The largest absolute Gasteiger partial charge is 0.459 e. The zero-order chi connectivity index (χ0) is 21.9. The summed E-state index contributed by atoms with van der Waals surface area (Å²) < 4.78 is 11.0. The molecule has 0 radical (unpaired) electrons. The highest BCUT2D eigenvalue weighted by atomic mass is 32.2. The van der Waals surface area contributed by atoms with E-state index >= 15 is 0 Å². The van der Waals surface area contributed by atoms with Crippen LogP contribution in [0.3, 0.4) is 0 Å². The van der Waals surface area contributed by atoms with Crippen LogP contribution in [0.5, 0.6) is 0 Å². The number of benzene rings is 3. The van der Waals surface area contributed by atoms with Crippen LogP contribution in [0.25, 0.3) is 0 Å². The van der Waals surface area contributed by atoms with Crippen molar-refractivity contribution in [3.05, 3.63) is 89.5 Å². The van der Waals surface area contributed by atoms with Gasteiger partial charge in [-0.2, -0.15) is 0 Å². The van der Waals surface area contributed by atoms with Crippen LogP contribution in [-0.2, 0) is 16.0 Å². The van der Waals surface area contributed by atoms with E-state index in [1.165, 1.54) is 0 Å². The number of fused-ring (bicyclic) bond motifs is 2. The molecule has 32 heavy (non-hydrogen) atoms. The molecule has 1 amide bonds. The molecule has 2 aliphatic rings. The summed E-state index contributed by atoms with van der Waals surface area (Å²) in [7, 11) is 0. The number of hydrogen-bond donors (Lipinski definition) is 0. The highest BCUT2D eigenvalue weighted by Crippen LogP contribution is 2.42. The second kappa shape index (κ2) is 9.18. The third kappa shape index (κ3) is 4.29. The van der Waals surface area contributed by atoms with E-state index in [1.807, 2.05) is 60.7 Å². The Morgan fingerprint density at radius 2 is 1.84 bits per heavy atom. The average molecular weight is 446 g/mol. The molecule has 0 N–H and O–H groups in total. The Bertz CT molecular complexity index is 1140. The van der Waals surface area contributed by atoms with Crippen molar-refractivity contribution in [1.29, 1.82) is 0 Å². The molecule has 0 aromatic heterocycles. The van der Waals surface area contributed by atoms with Crippen LogP contribution in [0.15, 0.2) is 82.6 Å². The lowest BCUT2D eigenvalue weighted by atomic mass is 10.1. The quantitative estimate of drug-likeness (QED) is 0.497. The smallest absolute Gasteiger partial charge is 0.338 e. The van der Waals surface area contributed by atoms with Gasteiger partial charge in [0.2, 0.25) is 0 Å². The van der Waals surface area contributed by atoms with E-state index in [2.05, 4.69) is 0 Å². The van der Waals surface area contributed by atoms with Gasteiger partial charge in [0, 0.05) is 16.4 Å². The van der Waals surface area contributed by atoms with Crippen LogP contribution < -0.4 is 4.90 Å². The first-order valence-corrected chi connectivity index (χ1v) is 11.6. The maximum absolute atomic E-state index is 13.6. The van der Waals surface area contributed by atoms with Gasteiger partial charge in [-0.3, -0.25) is 4.79 Å². The van der Waals surface area contributed by atoms with Gasteiger partial charge >= 0.3 is 5.97 Å². The van der Waals surface area contributed by atoms with E-state index in [-0.39, 0.29) is 18.6 Å². The highest BCUT2D eigenvalue weighted by molar-refractivity contribution is 7.99. The Kier molecular flexibility index (Phi) is 5.97. The molecule has 162 valence electrons. The first kappa shape index (κ1) is 20.8. The Morgan fingerprint density at radius 1 is 1.03 bits per heavy atom. The van der Waals surface area contributed by atoms with Gasteiger partial charge in [0.1, 0.15) is 6.61 Å². The summed E-state index contributed by atoms with van der Waals surface area (Å²) in [5.41, 5.74) is 2.82. The van der Waals surface area contributed by atoms with Crippen LogP contribution in [0.1, 0.15) is 39.1 Å². The van der Waals surface area contributed by atoms with Crippen molar-refractivity contribution in [1.82, 2.24) is 0 Å². The van der Waals surface area contributed by atoms with Crippen molar-refractivity contribution in [2.45, 2.75) is 35.3 Å². The first-order chi connectivity index (χ1) is 15.7. The number of esters is 1. The van der Waals surface area contributed by atoms with Crippen molar-refractivity contribution in [3.63, 3.8) is 0 Å². The summed E-state index contributed by atoms with van der Waals surface area (Å²) in [6.07, 6.45) is 1.88. The van der Waals surface area contributed by atoms with E-state index in [9.17, 15) is 9.59 Å². The van der Waals surface area contributed by atoms with Crippen molar-refractivity contribution >= 4 is 29.3 Å². The van der Waals surface area contributed by atoms with Crippen LogP contribution in [-0.4, -0.2) is 31.2 Å². The van der Waals surface area contributed by atoms with E-state index in [0.717, 1.165) is 34.8 Å². The third-order valence-corrected chi connectivity index (χ3v) is 6.82. The fraction of sp³-hybridized carbons (Fsp3) is 0.231. The van der Waals surface area contributed by atoms with Crippen LogP contribution >= 0.6 is 11.8 Å². The molecule has 2 aliphatic heterocycles. The van der Waals surface area contributed by atoms with Gasteiger partial charge in [-0.25, -0.2) is 4.79 Å². The molecule has 3 aromatic carbocycles. The number of ether oxygens (including phenoxy) is 2. The average Bonchev–Trinajstić information content (AvgIpc) is 3.32. The van der Waals surface area contributed by atoms with E-state index in [0.29, 0.717) is 23.4 Å². The molecule has 6 heteroatoms. The standard InChI is InChI=1S/C26H23NO4S/c28-25-21-10-4-5-11-23(21)32-24-13-12-19(26(29)31-17-20-9-6-14-30-20)15-22(24)27(25)16-18-7-2-1-3-8-18/h1-5,7-8,10-13,15,20H,6,9,14,16-17H2/t20-/m0/s1. The van der Waals surface area contributed by atoms with Gasteiger partial charge in [0.05, 0.1) is 29.5 Å². The minimum Gasteiger partial charge on any atom is -0.459 e. The fourth-order valence-corrected chi connectivity index (χ4v) is 5.06. The second-order valence-corrected chi connectivity index (χ2v) is 8.97. The molecule has 1 saturated heterocycles. The summed E-state index contributed by atoms with van der Waals surface area (Å²) in [6, 6.07) is 22.9. The Labute approximate surface area is 191 Å². The molecule has 0 bridgehead atoms. The van der Waals surface area contributed by atoms with Gasteiger partial charge in [-0.15, -0.1) is 0 Å². The zero-order valence-electron chi connectivity index (χ0n) is 17.5. The van der Waals surface area contributed by atoms with Crippen molar-refractivity contribution in [2.75, 3.05) is 18.1 Å². The molecule has 3 aromatic rings. The summed E-state index contributed by atoms with van der Waals surface area (Å²) >= 11 is 1.54. The number of anilines is 1. The van der Waals surface area contributed by atoms with Crippen molar-refractivity contribution in [3.8, 4) is 0 Å². The lowest BCUT2D eigenvalue weighted by molar-refractivity contribution is 0.0161. The van der Waals surface area contributed by atoms with Crippen LogP contribution in [0.2, 0.25) is 0 Å². The van der Waals surface area contributed by atoms with Gasteiger partial charge in [0.15, 0.2) is 0 Å². The Hall–Kier alpha value is -3.09. The lowest BCUT2D eigenvalue weighted by Crippen LogP contribution is -2.30. The third-order valence-electron chi connectivity index (χ3n) is 5.68. The molecule has 2 heterocycles. The predicted octanol–water partition coefficient (Wildman–Crippen LogP) is 5.33. The van der Waals surface area contributed by atoms with Gasteiger partial charge in [-0.1, -0.05) is 54.2 Å². The number of amides is 1. The first-order valence-electron chi connectivity index (χ1n) is 10.7. The fourth-order valence-electron chi connectivity index (χ4n) is 4.00.